The molecule has 0 saturated carbocycles. The van der Waals surface area contributed by atoms with Crippen molar-refractivity contribution in [3.05, 3.63) is 35.9 Å². The molecule has 0 aromatic heterocycles. The van der Waals surface area contributed by atoms with Gasteiger partial charge in [-0.05, 0) is 17.9 Å². The maximum absolute atomic E-state index is 12.2. The fourth-order valence-electron chi connectivity index (χ4n) is 2.43. The molecule has 18 heavy (non-hydrogen) atoms. The molecule has 1 heterocycles. The molecule has 2 unspecified atom stereocenters. The average molecular weight is 263 g/mol. The predicted molar refractivity (Wildman–Crippen MR) is 78.0 cm³/mol. The summed E-state index contributed by atoms with van der Waals surface area (Å²) >= 11 is 4.42. The van der Waals surface area contributed by atoms with Gasteiger partial charge >= 0.3 is 0 Å². The van der Waals surface area contributed by atoms with Crippen molar-refractivity contribution < 1.29 is 4.79 Å². The van der Waals surface area contributed by atoms with E-state index in [2.05, 4.69) is 36.9 Å². The lowest BCUT2D eigenvalue weighted by atomic mass is 9.99. The van der Waals surface area contributed by atoms with Crippen LogP contribution in [0.1, 0.15) is 31.7 Å². The van der Waals surface area contributed by atoms with Gasteiger partial charge in [0, 0.05) is 19.0 Å². The van der Waals surface area contributed by atoms with Crippen molar-refractivity contribution in [1.82, 2.24) is 4.90 Å². The molecule has 1 aromatic carbocycles. The van der Waals surface area contributed by atoms with E-state index in [1.807, 2.05) is 24.8 Å². The first-order chi connectivity index (χ1) is 8.59. The minimum absolute atomic E-state index is 0.167. The zero-order valence-corrected chi connectivity index (χ0v) is 11.9. The molecule has 0 bridgehead atoms. The van der Waals surface area contributed by atoms with Crippen molar-refractivity contribution in [3.63, 3.8) is 0 Å². The number of hydrogen-bond donors (Lipinski definition) is 1. The van der Waals surface area contributed by atoms with Crippen LogP contribution in [-0.4, -0.2) is 29.1 Å². The summed E-state index contributed by atoms with van der Waals surface area (Å²) in [6.45, 7) is 5.79. The van der Waals surface area contributed by atoms with Crippen LogP contribution in [0.3, 0.4) is 0 Å². The van der Waals surface area contributed by atoms with E-state index in [1.165, 1.54) is 5.56 Å². The van der Waals surface area contributed by atoms with Gasteiger partial charge in [-0.3, -0.25) is 4.79 Å². The van der Waals surface area contributed by atoms with Gasteiger partial charge in [0.05, 0.1) is 5.25 Å². The first-order valence-electron chi connectivity index (χ1n) is 6.61. The van der Waals surface area contributed by atoms with Crippen LogP contribution in [0, 0.1) is 5.92 Å². The highest BCUT2D eigenvalue weighted by Crippen LogP contribution is 2.28. The Morgan fingerprint density at radius 1 is 1.33 bits per heavy atom. The SMILES string of the molecule is CC(C)C(S)C(=O)N1CCC(c2ccccc2)C1. The van der Waals surface area contributed by atoms with E-state index in [0.29, 0.717) is 5.92 Å². The first-order valence-corrected chi connectivity index (χ1v) is 7.13. The third kappa shape index (κ3) is 2.89. The van der Waals surface area contributed by atoms with Gasteiger partial charge < -0.3 is 4.90 Å². The van der Waals surface area contributed by atoms with Crippen LogP contribution >= 0.6 is 12.6 Å². The van der Waals surface area contributed by atoms with Crippen molar-refractivity contribution in [2.45, 2.75) is 31.4 Å². The van der Waals surface area contributed by atoms with Crippen LogP contribution in [-0.2, 0) is 4.79 Å². The topological polar surface area (TPSA) is 20.3 Å². The molecule has 0 radical (unpaired) electrons. The van der Waals surface area contributed by atoms with Gasteiger partial charge in [0.15, 0.2) is 0 Å². The maximum atomic E-state index is 12.2. The summed E-state index contributed by atoms with van der Waals surface area (Å²) in [6, 6.07) is 10.5. The quantitative estimate of drug-likeness (QED) is 0.831. The second kappa shape index (κ2) is 5.79. The van der Waals surface area contributed by atoms with Gasteiger partial charge in [-0.25, -0.2) is 0 Å². The molecule has 1 fully saturated rings. The molecule has 1 amide bonds. The van der Waals surface area contributed by atoms with Crippen molar-refractivity contribution in [1.29, 1.82) is 0 Å². The number of benzene rings is 1. The van der Waals surface area contributed by atoms with E-state index in [4.69, 9.17) is 0 Å². The Balaban J connectivity index is 1.99. The van der Waals surface area contributed by atoms with E-state index >= 15 is 0 Å². The first kappa shape index (κ1) is 13.5. The molecule has 0 spiro atoms. The highest BCUT2D eigenvalue weighted by molar-refractivity contribution is 7.81. The minimum Gasteiger partial charge on any atom is -0.341 e. The Labute approximate surface area is 115 Å². The number of carbonyl (C=O) groups is 1. The second-order valence-electron chi connectivity index (χ2n) is 5.37. The Kier molecular flexibility index (Phi) is 4.33. The number of nitrogens with zero attached hydrogens (tertiary/aromatic N) is 1. The van der Waals surface area contributed by atoms with Crippen molar-refractivity contribution in [3.8, 4) is 0 Å². The van der Waals surface area contributed by atoms with E-state index < -0.39 is 0 Å². The zero-order valence-electron chi connectivity index (χ0n) is 11.0. The van der Waals surface area contributed by atoms with Crippen LogP contribution < -0.4 is 0 Å². The summed E-state index contributed by atoms with van der Waals surface area (Å²) in [6.07, 6.45) is 1.06. The standard InChI is InChI=1S/C15H21NOS/c1-11(2)14(18)15(17)16-9-8-13(10-16)12-6-4-3-5-7-12/h3-7,11,13-14,18H,8-10H2,1-2H3. The summed E-state index contributed by atoms with van der Waals surface area (Å²) in [7, 11) is 0. The van der Waals surface area contributed by atoms with E-state index in [1.54, 1.807) is 0 Å². The van der Waals surface area contributed by atoms with E-state index in [9.17, 15) is 4.79 Å². The molecular formula is C15H21NOS. The lowest BCUT2D eigenvalue weighted by Gasteiger charge is -2.22. The molecule has 1 aliphatic rings. The highest BCUT2D eigenvalue weighted by atomic mass is 32.1. The van der Waals surface area contributed by atoms with Gasteiger partial charge in [-0.2, -0.15) is 12.6 Å². The van der Waals surface area contributed by atoms with Crippen LogP contribution in [0.15, 0.2) is 30.3 Å². The Morgan fingerprint density at radius 3 is 2.61 bits per heavy atom. The Morgan fingerprint density at radius 2 is 2.00 bits per heavy atom. The monoisotopic (exact) mass is 263 g/mol. The van der Waals surface area contributed by atoms with Crippen molar-refractivity contribution in [2.75, 3.05) is 13.1 Å². The summed E-state index contributed by atoms with van der Waals surface area (Å²) in [5.41, 5.74) is 1.34. The number of likely N-dealkylation sites (tertiary alicyclic amines) is 1. The summed E-state index contributed by atoms with van der Waals surface area (Å²) in [5.74, 6) is 0.964. The molecule has 1 saturated heterocycles. The predicted octanol–water partition coefficient (Wildman–Crippen LogP) is 2.96. The Hall–Kier alpha value is -0.960. The van der Waals surface area contributed by atoms with Crippen LogP contribution in [0.4, 0.5) is 0 Å². The van der Waals surface area contributed by atoms with Gasteiger partial charge in [0.1, 0.15) is 0 Å². The third-order valence-electron chi connectivity index (χ3n) is 3.66. The highest BCUT2D eigenvalue weighted by Gasteiger charge is 2.31. The molecule has 2 atom stereocenters. The third-order valence-corrected chi connectivity index (χ3v) is 4.47. The molecule has 98 valence electrons. The average Bonchev–Trinajstić information content (AvgIpc) is 2.87. The van der Waals surface area contributed by atoms with Gasteiger partial charge in [0.2, 0.25) is 5.91 Å². The summed E-state index contributed by atoms with van der Waals surface area (Å²) in [4.78, 5) is 14.2. The normalized spacial score (nSPS) is 21.3. The van der Waals surface area contributed by atoms with Crippen LogP contribution in [0.25, 0.3) is 0 Å². The van der Waals surface area contributed by atoms with Gasteiger partial charge in [-0.1, -0.05) is 44.2 Å². The molecule has 1 aromatic rings. The number of carbonyl (C=O) groups excluding carboxylic acids is 1. The van der Waals surface area contributed by atoms with Crippen molar-refractivity contribution in [2.24, 2.45) is 5.92 Å². The van der Waals surface area contributed by atoms with Crippen molar-refractivity contribution >= 4 is 18.5 Å². The van der Waals surface area contributed by atoms with E-state index in [-0.39, 0.29) is 17.1 Å². The van der Waals surface area contributed by atoms with Gasteiger partial charge in [-0.15, -0.1) is 0 Å². The molecule has 0 N–H and O–H groups in total. The second-order valence-corrected chi connectivity index (χ2v) is 5.93. The number of rotatable bonds is 3. The molecule has 0 aliphatic carbocycles. The number of amides is 1. The lowest BCUT2D eigenvalue weighted by Crippen LogP contribution is -2.37. The smallest absolute Gasteiger partial charge is 0.235 e. The molecule has 1 aliphatic heterocycles. The largest absolute Gasteiger partial charge is 0.341 e. The van der Waals surface area contributed by atoms with E-state index in [0.717, 1.165) is 19.5 Å². The molecule has 3 heteroatoms. The fraction of sp³-hybridized carbons (Fsp3) is 0.533. The zero-order chi connectivity index (χ0) is 13.1. The summed E-state index contributed by atoms with van der Waals surface area (Å²) in [5, 5.41) is -0.167. The number of hydrogen-bond acceptors (Lipinski definition) is 2. The van der Waals surface area contributed by atoms with Crippen LogP contribution in [0.5, 0.6) is 0 Å². The lowest BCUT2D eigenvalue weighted by molar-refractivity contribution is -0.130. The number of thiol groups is 1. The Bertz CT molecular complexity index is 404. The van der Waals surface area contributed by atoms with Crippen LogP contribution in [0.2, 0.25) is 0 Å². The molecule has 2 rings (SSSR count). The molecular weight excluding hydrogens is 242 g/mol. The summed E-state index contributed by atoms with van der Waals surface area (Å²) < 4.78 is 0. The fourth-order valence-corrected chi connectivity index (χ4v) is 2.59. The maximum Gasteiger partial charge on any atom is 0.235 e. The van der Waals surface area contributed by atoms with Gasteiger partial charge in [0.25, 0.3) is 0 Å². The molecule has 2 nitrogen and oxygen atoms in total. The minimum atomic E-state index is -0.167.